The maximum atomic E-state index is 12.6. The van der Waals surface area contributed by atoms with Crippen molar-refractivity contribution in [1.82, 2.24) is 4.98 Å². The molecule has 1 heterocycles. The van der Waals surface area contributed by atoms with E-state index in [2.05, 4.69) is 0 Å². The Bertz CT molecular complexity index is 520. The van der Waals surface area contributed by atoms with E-state index in [-0.39, 0.29) is 0 Å². The fourth-order valence-corrected chi connectivity index (χ4v) is 1.43. The molecular formula is C9H6F5NO3. The molecule has 0 bridgehead atoms. The van der Waals surface area contributed by atoms with Crippen LogP contribution in [0.5, 0.6) is 0 Å². The van der Waals surface area contributed by atoms with Crippen LogP contribution in [0.15, 0.2) is 11.0 Å². The van der Waals surface area contributed by atoms with Gasteiger partial charge in [0.25, 0.3) is 12.0 Å². The number of halogens is 5. The molecule has 0 atom stereocenters. The summed E-state index contributed by atoms with van der Waals surface area (Å²) in [6.45, 7) is 0. The van der Waals surface area contributed by atoms with E-state index in [0.717, 1.165) is 0 Å². The Kier molecular flexibility index (Phi) is 3.73. The Morgan fingerprint density at radius 3 is 2.33 bits per heavy atom. The predicted molar refractivity (Wildman–Crippen MR) is 48.4 cm³/mol. The molecule has 1 aromatic rings. The molecule has 100 valence electrons. The first-order valence-corrected chi connectivity index (χ1v) is 4.46. The SMILES string of the molecule is O=C(O)Cc1c[nH]c(=O)c(C(F)(F)F)c1C(F)F. The van der Waals surface area contributed by atoms with Gasteiger partial charge < -0.3 is 10.1 Å². The van der Waals surface area contributed by atoms with Crippen LogP contribution in [0.25, 0.3) is 0 Å². The maximum absolute atomic E-state index is 12.6. The first-order valence-electron chi connectivity index (χ1n) is 4.46. The normalized spacial score (nSPS) is 11.9. The largest absolute Gasteiger partial charge is 0.481 e. The number of pyridine rings is 1. The van der Waals surface area contributed by atoms with Crippen LogP contribution in [0.2, 0.25) is 0 Å². The van der Waals surface area contributed by atoms with E-state index in [1.54, 1.807) is 4.98 Å². The van der Waals surface area contributed by atoms with Crippen LogP contribution in [0, 0.1) is 0 Å². The summed E-state index contributed by atoms with van der Waals surface area (Å²) >= 11 is 0. The molecule has 0 saturated heterocycles. The van der Waals surface area contributed by atoms with Crippen LogP contribution >= 0.6 is 0 Å². The third-order valence-electron chi connectivity index (χ3n) is 2.06. The quantitative estimate of drug-likeness (QED) is 0.825. The summed E-state index contributed by atoms with van der Waals surface area (Å²) in [5.74, 6) is -1.59. The van der Waals surface area contributed by atoms with Crippen LogP contribution in [0.1, 0.15) is 23.1 Å². The number of carbonyl (C=O) groups is 1. The lowest BCUT2D eigenvalue weighted by atomic mass is 10.0. The number of carboxylic acid groups (broad SMARTS) is 1. The second kappa shape index (κ2) is 4.75. The minimum atomic E-state index is -5.28. The average molecular weight is 271 g/mol. The van der Waals surface area contributed by atoms with Gasteiger partial charge >= 0.3 is 12.1 Å². The topological polar surface area (TPSA) is 70.2 Å². The van der Waals surface area contributed by atoms with Gasteiger partial charge in [-0.05, 0) is 5.56 Å². The second-order valence-electron chi connectivity index (χ2n) is 3.30. The van der Waals surface area contributed by atoms with E-state index in [1.165, 1.54) is 0 Å². The van der Waals surface area contributed by atoms with Gasteiger partial charge in [-0.15, -0.1) is 0 Å². The van der Waals surface area contributed by atoms with Crippen LogP contribution in [0.3, 0.4) is 0 Å². The zero-order chi connectivity index (χ0) is 14.1. The first kappa shape index (κ1) is 14.1. The van der Waals surface area contributed by atoms with E-state index >= 15 is 0 Å². The molecule has 0 saturated carbocycles. The number of hydrogen-bond donors (Lipinski definition) is 2. The molecule has 9 heteroatoms. The number of hydrogen-bond acceptors (Lipinski definition) is 2. The lowest BCUT2D eigenvalue weighted by Gasteiger charge is -2.14. The molecule has 1 aromatic heterocycles. The minimum Gasteiger partial charge on any atom is -0.481 e. The summed E-state index contributed by atoms with van der Waals surface area (Å²) in [5.41, 5.74) is -6.15. The summed E-state index contributed by atoms with van der Waals surface area (Å²) < 4.78 is 62.7. The van der Waals surface area contributed by atoms with Gasteiger partial charge in [0.15, 0.2) is 0 Å². The van der Waals surface area contributed by atoms with Crippen molar-refractivity contribution in [2.24, 2.45) is 0 Å². The molecule has 0 amide bonds. The van der Waals surface area contributed by atoms with Crippen molar-refractivity contribution >= 4 is 5.97 Å². The van der Waals surface area contributed by atoms with Gasteiger partial charge in [-0.1, -0.05) is 0 Å². The van der Waals surface area contributed by atoms with Crippen LogP contribution in [0.4, 0.5) is 22.0 Å². The highest BCUT2D eigenvalue weighted by Gasteiger charge is 2.40. The van der Waals surface area contributed by atoms with Crippen molar-refractivity contribution in [2.45, 2.75) is 19.0 Å². The van der Waals surface area contributed by atoms with Crippen molar-refractivity contribution in [2.75, 3.05) is 0 Å². The van der Waals surface area contributed by atoms with Crippen molar-refractivity contribution in [3.8, 4) is 0 Å². The van der Waals surface area contributed by atoms with E-state index in [1.807, 2.05) is 0 Å². The molecule has 1 rings (SSSR count). The number of nitrogens with one attached hydrogen (secondary N) is 1. The molecule has 18 heavy (non-hydrogen) atoms. The standard InChI is InChI=1S/C9H6F5NO3/c10-7(11)5-3(1-4(16)17)2-15-8(18)6(5)9(12,13)14/h2,7H,1H2,(H,15,18)(H,16,17). The molecular weight excluding hydrogens is 265 g/mol. The third kappa shape index (κ3) is 2.84. The summed E-state index contributed by atoms with van der Waals surface area (Å²) in [6.07, 6.45) is -9.38. The highest BCUT2D eigenvalue weighted by Crippen LogP contribution is 2.35. The van der Waals surface area contributed by atoms with Crippen molar-refractivity contribution < 1.29 is 31.9 Å². The van der Waals surface area contributed by atoms with Crippen molar-refractivity contribution in [1.29, 1.82) is 0 Å². The number of rotatable bonds is 3. The van der Waals surface area contributed by atoms with E-state index in [4.69, 9.17) is 5.11 Å². The van der Waals surface area contributed by atoms with Crippen LogP contribution in [-0.4, -0.2) is 16.1 Å². The monoisotopic (exact) mass is 271 g/mol. The van der Waals surface area contributed by atoms with Gasteiger partial charge in [-0.25, -0.2) is 8.78 Å². The number of aromatic nitrogens is 1. The van der Waals surface area contributed by atoms with Gasteiger partial charge in [0.2, 0.25) is 0 Å². The third-order valence-corrected chi connectivity index (χ3v) is 2.06. The zero-order valence-electron chi connectivity index (χ0n) is 8.52. The second-order valence-corrected chi connectivity index (χ2v) is 3.30. The number of aliphatic carboxylic acids is 1. The average Bonchev–Trinajstić information content (AvgIpc) is 2.17. The Morgan fingerprint density at radius 1 is 1.39 bits per heavy atom. The van der Waals surface area contributed by atoms with Gasteiger partial charge in [0.1, 0.15) is 5.56 Å². The summed E-state index contributed by atoms with van der Waals surface area (Å²) in [7, 11) is 0. The summed E-state index contributed by atoms with van der Waals surface area (Å²) in [6, 6.07) is 0. The van der Waals surface area contributed by atoms with E-state index < -0.39 is 47.2 Å². The number of H-pyrrole nitrogens is 1. The van der Waals surface area contributed by atoms with Gasteiger partial charge in [-0.2, -0.15) is 13.2 Å². The Hall–Kier alpha value is -1.93. The fourth-order valence-electron chi connectivity index (χ4n) is 1.43. The summed E-state index contributed by atoms with van der Waals surface area (Å²) in [4.78, 5) is 22.9. The lowest BCUT2D eigenvalue weighted by Crippen LogP contribution is -2.26. The lowest BCUT2D eigenvalue weighted by molar-refractivity contribution is -0.141. The molecule has 4 nitrogen and oxygen atoms in total. The highest BCUT2D eigenvalue weighted by atomic mass is 19.4. The first-order chi connectivity index (χ1) is 8.14. The Balaban J connectivity index is 3.58. The molecule has 2 N–H and O–H groups in total. The minimum absolute atomic E-state index is 0.549. The van der Waals surface area contributed by atoms with Crippen LogP contribution in [-0.2, 0) is 17.4 Å². The van der Waals surface area contributed by atoms with Gasteiger partial charge in [0.05, 0.1) is 6.42 Å². The fraction of sp³-hybridized carbons (Fsp3) is 0.333. The van der Waals surface area contributed by atoms with E-state index in [9.17, 15) is 31.5 Å². The van der Waals surface area contributed by atoms with Crippen LogP contribution < -0.4 is 5.56 Å². The molecule has 0 spiro atoms. The smallest absolute Gasteiger partial charge is 0.422 e. The molecule has 0 aliphatic heterocycles. The maximum Gasteiger partial charge on any atom is 0.422 e. The zero-order valence-corrected chi connectivity index (χ0v) is 8.52. The Labute approximate surface area is 96.1 Å². The number of alkyl halides is 5. The number of carboxylic acids is 1. The molecule has 0 radical (unpaired) electrons. The predicted octanol–water partition coefficient (Wildman–Crippen LogP) is 1.96. The highest BCUT2D eigenvalue weighted by molar-refractivity contribution is 5.70. The molecule has 0 aliphatic carbocycles. The molecule has 0 unspecified atom stereocenters. The molecule has 0 aromatic carbocycles. The molecule has 0 aliphatic rings. The van der Waals surface area contributed by atoms with Crippen molar-refractivity contribution in [3.63, 3.8) is 0 Å². The van der Waals surface area contributed by atoms with Crippen molar-refractivity contribution in [3.05, 3.63) is 33.2 Å². The van der Waals surface area contributed by atoms with E-state index in [0.29, 0.717) is 6.20 Å². The van der Waals surface area contributed by atoms with Gasteiger partial charge in [-0.3, -0.25) is 9.59 Å². The Morgan fingerprint density at radius 2 is 1.94 bits per heavy atom. The van der Waals surface area contributed by atoms with Gasteiger partial charge in [0, 0.05) is 11.8 Å². The summed E-state index contributed by atoms with van der Waals surface area (Å²) in [5, 5.41) is 8.42. The number of aromatic amines is 1. The molecule has 0 fully saturated rings.